The molecule has 1 N–H and O–H groups in total. The first kappa shape index (κ1) is 17.6. The lowest BCUT2D eigenvalue weighted by molar-refractivity contribution is -0.159. The fraction of sp³-hybridized carbons (Fsp3) is 0.826. The molecule has 152 valence electrons. The van der Waals surface area contributed by atoms with Crippen LogP contribution in [0, 0.1) is 40.4 Å². The van der Waals surface area contributed by atoms with E-state index < -0.39 is 11.5 Å². The highest BCUT2D eigenvalue weighted by molar-refractivity contribution is 5.95. The number of aliphatic hydroxyl groups excluding tert-OH is 1. The van der Waals surface area contributed by atoms with E-state index in [9.17, 15) is 14.7 Å². The third-order valence-corrected chi connectivity index (χ3v) is 10.1. The summed E-state index contributed by atoms with van der Waals surface area (Å²) in [5.41, 5.74) is 1.61. The van der Waals surface area contributed by atoms with Crippen LogP contribution in [0.25, 0.3) is 0 Å². The van der Waals surface area contributed by atoms with Gasteiger partial charge in [-0.3, -0.25) is 14.5 Å². The van der Waals surface area contributed by atoms with Crippen molar-refractivity contribution in [3.8, 4) is 0 Å². The molecule has 0 unspecified atom stereocenters. The summed E-state index contributed by atoms with van der Waals surface area (Å²) in [6, 6.07) is 0.429. The molecule has 6 rings (SSSR count). The summed E-state index contributed by atoms with van der Waals surface area (Å²) in [6.45, 7) is 6.69. The van der Waals surface area contributed by atoms with Crippen LogP contribution in [0.3, 0.4) is 0 Å². The Morgan fingerprint density at radius 3 is 2.79 bits per heavy atom. The number of fused-ring (bicyclic) bond motifs is 1. The summed E-state index contributed by atoms with van der Waals surface area (Å²) in [5, 5.41) is 10.9. The molecule has 0 aromatic heterocycles. The van der Waals surface area contributed by atoms with E-state index in [1.807, 2.05) is 0 Å². The summed E-state index contributed by atoms with van der Waals surface area (Å²) in [4.78, 5) is 29.7. The molecule has 0 radical (unpaired) electrons. The number of aliphatic hydroxyl groups is 1. The van der Waals surface area contributed by atoms with Gasteiger partial charge in [0.2, 0.25) is 0 Å². The Labute approximate surface area is 166 Å². The van der Waals surface area contributed by atoms with Crippen molar-refractivity contribution in [3.05, 3.63) is 11.1 Å². The van der Waals surface area contributed by atoms with Gasteiger partial charge in [-0.2, -0.15) is 0 Å². The van der Waals surface area contributed by atoms with Crippen LogP contribution in [0.4, 0.5) is 0 Å². The molecular formula is C23H31NO4. The predicted octanol–water partition coefficient (Wildman–Crippen LogP) is 2.18. The van der Waals surface area contributed by atoms with Crippen molar-refractivity contribution in [1.29, 1.82) is 0 Å². The monoisotopic (exact) mass is 385 g/mol. The lowest BCUT2D eigenvalue weighted by Crippen LogP contribution is -2.64. The number of Topliss-reactive ketones (excluding diaryl/α,β-unsaturated/α-hetero) is 1. The van der Waals surface area contributed by atoms with Gasteiger partial charge in [0.15, 0.2) is 0 Å². The van der Waals surface area contributed by atoms with E-state index in [0.717, 1.165) is 37.9 Å². The Bertz CT molecular complexity index is 819. The molecule has 1 spiro atoms. The van der Waals surface area contributed by atoms with Crippen molar-refractivity contribution in [3.63, 3.8) is 0 Å². The summed E-state index contributed by atoms with van der Waals surface area (Å²) in [7, 11) is 1.45. The molecule has 2 heterocycles. The van der Waals surface area contributed by atoms with Crippen LogP contribution in [0.5, 0.6) is 0 Å². The number of methoxy groups -OCH3 is 1. The van der Waals surface area contributed by atoms with Gasteiger partial charge < -0.3 is 9.84 Å². The third kappa shape index (κ3) is 1.67. The van der Waals surface area contributed by atoms with Gasteiger partial charge in [0, 0.05) is 30.5 Å². The maximum Gasteiger partial charge on any atom is 0.309 e. The molecule has 6 aliphatic rings. The smallest absolute Gasteiger partial charge is 0.309 e. The Balaban J connectivity index is 1.63. The minimum Gasteiger partial charge on any atom is -0.469 e. The van der Waals surface area contributed by atoms with Crippen LogP contribution in [0.2, 0.25) is 0 Å². The number of hydrogen-bond acceptors (Lipinski definition) is 5. The molecule has 0 aromatic carbocycles. The predicted molar refractivity (Wildman–Crippen MR) is 102 cm³/mol. The highest BCUT2D eigenvalue weighted by Gasteiger charge is 2.76. The molecule has 28 heavy (non-hydrogen) atoms. The molecule has 2 saturated heterocycles. The summed E-state index contributed by atoms with van der Waals surface area (Å²) < 4.78 is 5.19. The number of ketones is 1. The molecule has 4 fully saturated rings. The van der Waals surface area contributed by atoms with Crippen LogP contribution in [-0.4, -0.2) is 54.1 Å². The van der Waals surface area contributed by atoms with Gasteiger partial charge in [0.25, 0.3) is 0 Å². The van der Waals surface area contributed by atoms with E-state index in [0.29, 0.717) is 36.5 Å². The number of allylic oxidation sites excluding steroid dienone is 1. The fourth-order valence-electron chi connectivity index (χ4n) is 9.02. The standard InChI is InChI=1S/C23H31NO4/c1-11-9-24-10-12-4-5-13-17(25)6-15-16(21(27)28-3)8-23(19(13)15)20(26)14(11)7-18(24)22(12,23)2/h11-12,14-18,25H,4-10H2,1-3H3/t11-,12-,14+,15-,16-,17-,18-,22-,23+/m1/s1. The lowest BCUT2D eigenvalue weighted by atomic mass is 9.45. The maximum absolute atomic E-state index is 14.3. The molecule has 2 aliphatic heterocycles. The number of rotatable bonds is 1. The molecule has 5 heteroatoms. The van der Waals surface area contributed by atoms with Crippen LogP contribution in [0.1, 0.15) is 46.0 Å². The van der Waals surface area contributed by atoms with Crippen LogP contribution >= 0.6 is 0 Å². The summed E-state index contributed by atoms with van der Waals surface area (Å²) in [6.07, 6.45) is 3.63. The SMILES string of the molecule is COC(=O)[C@@H]1C[C@@]23C(=O)[C@H]4C[C@H]5N(C[C@@H](CCC6=C2[C@@H]1C[C@H]6O)[C@]53C)C[C@H]4C. The topological polar surface area (TPSA) is 66.8 Å². The van der Waals surface area contributed by atoms with Gasteiger partial charge in [-0.25, -0.2) is 0 Å². The zero-order valence-electron chi connectivity index (χ0n) is 17.1. The average molecular weight is 386 g/mol. The second-order valence-corrected chi connectivity index (χ2v) is 10.7. The number of nitrogens with zero attached hydrogens (tertiary/aromatic N) is 1. The van der Waals surface area contributed by atoms with E-state index in [-0.39, 0.29) is 29.1 Å². The highest BCUT2D eigenvalue weighted by atomic mass is 16.5. The van der Waals surface area contributed by atoms with Crippen molar-refractivity contribution < 1.29 is 19.4 Å². The molecular weight excluding hydrogens is 354 g/mol. The Morgan fingerprint density at radius 1 is 1.25 bits per heavy atom. The van der Waals surface area contributed by atoms with E-state index in [1.165, 1.54) is 12.7 Å². The Kier molecular flexibility index (Phi) is 3.33. The molecule has 2 bridgehead atoms. The lowest BCUT2D eigenvalue weighted by Gasteiger charge is -2.59. The normalized spacial score (nSPS) is 54.0. The minimum atomic E-state index is -0.568. The number of hydrogen-bond donors (Lipinski definition) is 1. The average Bonchev–Trinajstić information content (AvgIpc) is 3.24. The van der Waals surface area contributed by atoms with Gasteiger partial charge in [-0.05, 0) is 55.4 Å². The van der Waals surface area contributed by atoms with Crippen LogP contribution in [-0.2, 0) is 14.3 Å². The van der Waals surface area contributed by atoms with Crippen molar-refractivity contribution in [1.82, 2.24) is 4.90 Å². The van der Waals surface area contributed by atoms with Crippen molar-refractivity contribution in [2.45, 2.75) is 58.1 Å². The maximum atomic E-state index is 14.3. The molecule has 0 aromatic rings. The second-order valence-electron chi connectivity index (χ2n) is 10.7. The van der Waals surface area contributed by atoms with Gasteiger partial charge in [0.05, 0.1) is 24.5 Å². The van der Waals surface area contributed by atoms with E-state index in [4.69, 9.17) is 4.74 Å². The highest BCUT2D eigenvalue weighted by Crippen LogP contribution is 2.74. The number of esters is 1. The molecule has 0 amide bonds. The summed E-state index contributed by atoms with van der Waals surface area (Å²) in [5.74, 6) is 0.826. The first-order chi connectivity index (χ1) is 13.3. The van der Waals surface area contributed by atoms with Gasteiger partial charge in [-0.15, -0.1) is 0 Å². The minimum absolute atomic E-state index is 0.0137. The third-order valence-electron chi connectivity index (χ3n) is 10.1. The van der Waals surface area contributed by atoms with Crippen molar-refractivity contribution >= 4 is 11.8 Å². The number of carbonyl (C=O) groups is 2. The van der Waals surface area contributed by atoms with Crippen LogP contribution < -0.4 is 0 Å². The van der Waals surface area contributed by atoms with Gasteiger partial charge >= 0.3 is 5.97 Å². The molecule has 9 atom stereocenters. The Morgan fingerprint density at radius 2 is 2.04 bits per heavy atom. The van der Waals surface area contributed by atoms with Crippen molar-refractivity contribution in [2.75, 3.05) is 20.2 Å². The quantitative estimate of drug-likeness (QED) is 0.554. The zero-order valence-corrected chi connectivity index (χ0v) is 17.1. The number of piperidine rings is 1. The Hall–Kier alpha value is -1.20. The number of carbonyl (C=O) groups excluding carboxylic acids is 2. The fourth-order valence-corrected chi connectivity index (χ4v) is 9.02. The second kappa shape index (κ2) is 5.28. The molecule has 2 saturated carbocycles. The first-order valence-electron chi connectivity index (χ1n) is 11.1. The summed E-state index contributed by atoms with van der Waals surface area (Å²) >= 11 is 0. The largest absolute Gasteiger partial charge is 0.469 e. The van der Waals surface area contributed by atoms with E-state index in [1.54, 1.807) is 0 Å². The zero-order chi connectivity index (χ0) is 19.6. The molecule has 4 aliphatic carbocycles. The van der Waals surface area contributed by atoms with Crippen LogP contribution in [0.15, 0.2) is 11.1 Å². The molecule has 5 nitrogen and oxygen atoms in total. The first-order valence-corrected chi connectivity index (χ1v) is 11.1. The van der Waals surface area contributed by atoms with E-state index in [2.05, 4.69) is 18.7 Å². The van der Waals surface area contributed by atoms with E-state index >= 15 is 0 Å². The van der Waals surface area contributed by atoms with Gasteiger partial charge in [-0.1, -0.05) is 19.4 Å². The van der Waals surface area contributed by atoms with Crippen molar-refractivity contribution in [2.24, 2.45) is 40.4 Å². The van der Waals surface area contributed by atoms with Gasteiger partial charge in [0.1, 0.15) is 5.78 Å². The number of ether oxygens (including phenoxy) is 1.